The molecule has 0 aliphatic carbocycles. The third-order valence-corrected chi connectivity index (χ3v) is 3.06. The van der Waals surface area contributed by atoms with Crippen molar-refractivity contribution >= 4 is 10.9 Å². The highest BCUT2D eigenvalue weighted by Gasteiger charge is 2.06. The Bertz CT molecular complexity index is 675. The van der Waals surface area contributed by atoms with Crippen LogP contribution in [-0.2, 0) is 6.54 Å². The second kappa shape index (κ2) is 4.59. The highest BCUT2D eigenvalue weighted by molar-refractivity contribution is 5.94. The summed E-state index contributed by atoms with van der Waals surface area (Å²) in [6, 6.07) is 20.6. The first-order valence-electron chi connectivity index (χ1n) is 6.02. The van der Waals surface area contributed by atoms with Gasteiger partial charge in [-0.1, -0.05) is 48.5 Å². The smallest absolute Gasteiger partial charge is 0.0712 e. The molecular weight excluding hydrogens is 220 g/mol. The van der Waals surface area contributed by atoms with E-state index in [1.54, 1.807) is 0 Å². The number of fused-ring (bicyclic) bond motifs is 1. The Morgan fingerprint density at radius 2 is 1.61 bits per heavy atom. The van der Waals surface area contributed by atoms with E-state index in [1.807, 2.05) is 36.4 Å². The molecule has 2 heteroatoms. The molecule has 1 aromatic heterocycles. The van der Waals surface area contributed by atoms with Gasteiger partial charge in [0, 0.05) is 11.9 Å². The number of nitrogens with zero attached hydrogens (tertiary/aromatic N) is 1. The Morgan fingerprint density at radius 1 is 0.889 bits per heavy atom. The molecule has 3 rings (SSSR count). The van der Waals surface area contributed by atoms with Crippen molar-refractivity contribution in [2.45, 2.75) is 6.54 Å². The summed E-state index contributed by atoms with van der Waals surface area (Å²) in [5, 5.41) is 1.17. The molecule has 0 radical (unpaired) electrons. The van der Waals surface area contributed by atoms with Gasteiger partial charge in [-0.3, -0.25) is 4.98 Å². The van der Waals surface area contributed by atoms with Crippen LogP contribution in [0.4, 0.5) is 0 Å². The molecule has 0 saturated heterocycles. The van der Waals surface area contributed by atoms with Crippen LogP contribution >= 0.6 is 0 Å². The molecule has 2 aromatic carbocycles. The molecule has 1 heterocycles. The zero-order valence-corrected chi connectivity index (χ0v) is 10.0. The number of benzene rings is 2. The summed E-state index contributed by atoms with van der Waals surface area (Å²) in [4.78, 5) is 4.55. The average Bonchev–Trinajstić information content (AvgIpc) is 2.47. The van der Waals surface area contributed by atoms with Crippen LogP contribution in [-0.4, -0.2) is 4.98 Å². The summed E-state index contributed by atoms with van der Waals surface area (Å²) < 4.78 is 0. The molecule has 0 saturated carbocycles. The van der Waals surface area contributed by atoms with Gasteiger partial charge in [-0.2, -0.15) is 0 Å². The van der Waals surface area contributed by atoms with Crippen molar-refractivity contribution < 1.29 is 0 Å². The molecule has 2 nitrogen and oxygen atoms in total. The minimum atomic E-state index is 0.463. The van der Waals surface area contributed by atoms with Crippen molar-refractivity contribution in [3.8, 4) is 11.1 Å². The minimum absolute atomic E-state index is 0.463. The normalized spacial score (nSPS) is 10.7. The summed E-state index contributed by atoms with van der Waals surface area (Å²) in [6.45, 7) is 0.463. The van der Waals surface area contributed by atoms with E-state index < -0.39 is 0 Å². The number of rotatable bonds is 2. The summed E-state index contributed by atoms with van der Waals surface area (Å²) in [6.07, 6.45) is 0. The summed E-state index contributed by atoms with van der Waals surface area (Å²) in [5.41, 5.74) is 10.0. The molecule has 0 bridgehead atoms. The zero-order valence-electron chi connectivity index (χ0n) is 10.0. The van der Waals surface area contributed by atoms with E-state index in [9.17, 15) is 0 Å². The van der Waals surface area contributed by atoms with E-state index in [0.29, 0.717) is 6.54 Å². The SMILES string of the molecule is NCc1cc(-c2ccccc2)c2ccccc2n1. The highest BCUT2D eigenvalue weighted by atomic mass is 14.7. The van der Waals surface area contributed by atoms with Crippen molar-refractivity contribution in [3.05, 3.63) is 66.4 Å². The standard InChI is InChI=1S/C16H14N2/c17-11-13-10-15(12-6-2-1-3-7-12)14-8-4-5-9-16(14)18-13/h1-10H,11,17H2. The monoisotopic (exact) mass is 234 g/mol. The van der Waals surface area contributed by atoms with E-state index in [1.165, 1.54) is 16.5 Å². The highest BCUT2D eigenvalue weighted by Crippen LogP contribution is 2.28. The number of para-hydroxylation sites is 1. The maximum absolute atomic E-state index is 5.73. The number of nitrogens with two attached hydrogens (primary N) is 1. The van der Waals surface area contributed by atoms with Crippen LogP contribution in [0.3, 0.4) is 0 Å². The van der Waals surface area contributed by atoms with E-state index in [0.717, 1.165) is 11.2 Å². The van der Waals surface area contributed by atoms with E-state index in [4.69, 9.17) is 5.73 Å². The fourth-order valence-corrected chi connectivity index (χ4v) is 2.19. The molecule has 0 aliphatic rings. The van der Waals surface area contributed by atoms with Gasteiger partial charge in [0.25, 0.3) is 0 Å². The summed E-state index contributed by atoms with van der Waals surface area (Å²) in [5.74, 6) is 0. The number of pyridine rings is 1. The van der Waals surface area contributed by atoms with E-state index in [-0.39, 0.29) is 0 Å². The molecule has 0 aliphatic heterocycles. The maximum atomic E-state index is 5.73. The van der Waals surface area contributed by atoms with Crippen molar-refractivity contribution in [1.82, 2.24) is 4.98 Å². The molecule has 0 unspecified atom stereocenters. The van der Waals surface area contributed by atoms with Crippen LogP contribution in [0, 0.1) is 0 Å². The molecule has 0 atom stereocenters. The van der Waals surface area contributed by atoms with Gasteiger partial charge in [0.15, 0.2) is 0 Å². The third-order valence-electron chi connectivity index (χ3n) is 3.06. The lowest BCUT2D eigenvalue weighted by Crippen LogP contribution is -2.00. The molecule has 3 aromatic rings. The number of aromatic nitrogens is 1. The fraction of sp³-hybridized carbons (Fsp3) is 0.0625. The lowest BCUT2D eigenvalue weighted by molar-refractivity contribution is 1.01. The molecule has 0 fully saturated rings. The number of hydrogen-bond acceptors (Lipinski definition) is 2. The van der Waals surface area contributed by atoms with Gasteiger partial charge in [0.05, 0.1) is 11.2 Å². The molecule has 0 amide bonds. The first-order valence-corrected chi connectivity index (χ1v) is 6.02. The molecule has 88 valence electrons. The van der Waals surface area contributed by atoms with Gasteiger partial charge in [-0.05, 0) is 23.3 Å². The van der Waals surface area contributed by atoms with Crippen LogP contribution in [0.25, 0.3) is 22.0 Å². The van der Waals surface area contributed by atoms with Gasteiger partial charge in [-0.15, -0.1) is 0 Å². The van der Waals surface area contributed by atoms with Gasteiger partial charge in [-0.25, -0.2) is 0 Å². The van der Waals surface area contributed by atoms with Crippen molar-refractivity contribution in [2.24, 2.45) is 5.73 Å². The quantitative estimate of drug-likeness (QED) is 0.738. The zero-order chi connectivity index (χ0) is 12.4. The second-order valence-corrected chi connectivity index (χ2v) is 4.25. The topological polar surface area (TPSA) is 38.9 Å². The first kappa shape index (κ1) is 10.9. The lowest BCUT2D eigenvalue weighted by Gasteiger charge is -2.08. The molecular formula is C16H14N2. The van der Waals surface area contributed by atoms with Crippen LogP contribution in [0.1, 0.15) is 5.69 Å². The van der Waals surface area contributed by atoms with Gasteiger partial charge < -0.3 is 5.73 Å². The van der Waals surface area contributed by atoms with Gasteiger partial charge in [0.1, 0.15) is 0 Å². The predicted molar refractivity (Wildman–Crippen MR) is 75.1 cm³/mol. The first-order chi connectivity index (χ1) is 8.88. The predicted octanol–water partition coefficient (Wildman–Crippen LogP) is 3.36. The largest absolute Gasteiger partial charge is 0.325 e. The average molecular weight is 234 g/mol. The summed E-state index contributed by atoms with van der Waals surface area (Å²) >= 11 is 0. The molecule has 0 spiro atoms. The van der Waals surface area contributed by atoms with Crippen molar-refractivity contribution in [2.75, 3.05) is 0 Å². The van der Waals surface area contributed by atoms with Crippen molar-refractivity contribution in [3.63, 3.8) is 0 Å². The molecule has 18 heavy (non-hydrogen) atoms. The summed E-state index contributed by atoms with van der Waals surface area (Å²) in [7, 11) is 0. The second-order valence-electron chi connectivity index (χ2n) is 4.25. The Morgan fingerprint density at radius 3 is 2.39 bits per heavy atom. The van der Waals surface area contributed by atoms with Crippen LogP contribution in [0.2, 0.25) is 0 Å². The Labute approximate surface area is 106 Å². The lowest BCUT2D eigenvalue weighted by atomic mass is 10.0. The molecule has 2 N–H and O–H groups in total. The van der Waals surface area contributed by atoms with Gasteiger partial charge >= 0.3 is 0 Å². The van der Waals surface area contributed by atoms with Gasteiger partial charge in [0.2, 0.25) is 0 Å². The maximum Gasteiger partial charge on any atom is 0.0712 e. The van der Waals surface area contributed by atoms with E-state index >= 15 is 0 Å². The van der Waals surface area contributed by atoms with Crippen LogP contribution in [0.5, 0.6) is 0 Å². The van der Waals surface area contributed by atoms with Crippen LogP contribution < -0.4 is 5.73 Å². The number of hydrogen-bond donors (Lipinski definition) is 1. The van der Waals surface area contributed by atoms with Crippen molar-refractivity contribution in [1.29, 1.82) is 0 Å². The minimum Gasteiger partial charge on any atom is -0.325 e. The Balaban J connectivity index is 2.33. The fourth-order valence-electron chi connectivity index (χ4n) is 2.19. The third kappa shape index (κ3) is 1.87. The Kier molecular flexibility index (Phi) is 2.79. The van der Waals surface area contributed by atoms with Crippen LogP contribution in [0.15, 0.2) is 60.7 Å². The Hall–Kier alpha value is -2.19. The van der Waals surface area contributed by atoms with E-state index in [2.05, 4.69) is 29.2 Å².